The van der Waals surface area contributed by atoms with Crippen LogP contribution >= 0.6 is 17.9 Å². The van der Waals surface area contributed by atoms with Crippen LogP contribution in [-0.4, -0.2) is 11.2 Å². The minimum atomic E-state index is -2.46. The predicted octanol–water partition coefficient (Wildman–Crippen LogP) is 6.27. The van der Waals surface area contributed by atoms with E-state index < -0.39 is 5.69 Å². The second kappa shape index (κ2) is 6.19. The van der Waals surface area contributed by atoms with E-state index in [4.69, 9.17) is 33.1 Å². The molecule has 26 heavy (non-hydrogen) atoms. The minimum absolute atomic E-state index is 0. The van der Waals surface area contributed by atoms with Crippen molar-refractivity contribution in [1.82, 2.24) is 6.15 Å². The lowest BCUT2D eigenvalue weighted by Gasteiger charge is -2.59. The van der Waals surface area contributed by atoms with Gasteiger partial charge < -0.3 is 15.2 Å². The largest absolute Gasteiger partial charge is 0.344 e. The molecule has 3 nitrogen and oxygen atoms in total. The smallest absolute Gasteiger partial charge is 0.245 e. The monoisotopic (exact) mass is 415 g/mol. The van der Waals surface area contributed by atoms with E-state index in [1.165, 1.54) is 77.0 Å². The fourth-order valence-electron chi connectivity index (χ4n) is 8.79. The van der Waals surface area contributed by atoms with E-state index in [1.807, 2.05) is 0 Å². The van der Waals surface area contributed by atoms with Crippen LogP contribution in [0.2, 0.25) is 0 Å². The Balaban J connectivity index is 0.00000150. The highest BCUT2D eigenvalue weighted by atomic mass is 32.9. The molecule has 0 radical (unpaired) electrons. The van der Waals surface area contributed by atoms with E-state index in [2.05, 4.69) is 0 Å². The van der Waals surface area contributed by atoms with Crippen molar-refractivity contribution in [2.24, 2.45) is 35.5 Å². The summed E-state index contributed by atoms with van der Waals surface area (Å²) in [6.45, 7) is 0. The molecular formula is C20H34NO2PS2. The lowest BCUT2D eigenvalue weighted by atomic mass is 9.54. The van der Waals surface area contributed by atoms with E-state index in [1.54, 1.807) is 0 Å². The van der Waals surface area contributed by atoms with Crippen molar-refractivity contribution >= 4 is 29.7 Å². The molecule has 8 fully saturated rings. The van der Waals surface area contributed by atoms with E-state index in [9.17, 15) is 0 Å². The van der Waals surface area contributed by atoms with Crippen LogP contribution in [0.1, 0.15) is 77.0 Å². The molecule has 0 aromatic rings. The number of thiol groups is 1. The normalized spacial score (nSPS) is 55.6. The van der Waals surface area contributed by atoms with Crippen molar-refractivity contribution < 1.29 is 9.05 Å². The third-order valence-electron chi connectivity index (χ3n) is 8.58. The third-order valence-corrected chi connectivity index (χ3v) is 10.8. The van der Waals surface area contributed by atoms with Gasteiger partial charge >= 0.3 is 0 Å². The Morgan fingerprint density at radius 2 is 0.846 bits per heavy atom. The Bertz CT molecular complexity index is 519. The summed E-state index contributed by atoms with van der Waals surface area (Å²) in [5.41, 5.74) is -2.42. The summed E-state index contributed by atoms with van der Waals surface area (Å²) in [5, 5.41) is 0. The van der Waals surface area contributed by atoms with Gasteiger partial charge in [0.1, 0.15) is 0 Å². The molecule has 0 atom stereocenters. The summed E-state index contributed by atoms with van der Waals surface area (Å²) >= 11 is 10.8. The Kier molecular flexibility index (Phi) is 4.49. The molecule has 148 valence electrons. The van der Waals surface area contributed by atoms with Crippen LogP contribution in [0.3, 0.4) is 0 Å². The Morgan fingerprint density at radius 3 is 1.08 bits per heavy atom. The maximum absolute atomic E-state index is 6.75. The van der Waals surface area contributed by atoms with E-state index in [0.717, 1.165) is 35.5 Å². The van der Waals surface area contributed by atoms with Crippen molar-refractivity contribution in [2.75, 3.05) is 0 Å². The molecule has 3 N–H and O–H groups in total. The summed E-state index contributed by atoms with van der Waals surface area (Å²) in [4.78, 5) is 0. The molecule has 8 rings (SSSR count). The highest BCUT2D eigenvalue weighted by molar-refractivity contribution is 8.60. The molecule has 8 aliphatic rings. The van der Waals surface area contributed by atoms with E-state index >= 15 is 0 Å². The summed E-state index contributed by atoms with van der Waals surface area (Å²) in [6.07, 6.45) is 16.0. The average Bonchev–Trinajstić information content (AvgIpc) is 2.40. The highest BCUT2D eigenvalue weighted by Crippen LogP contribution is 2.69. The molecule has 8 aliphatic carbocycles. The molecular weight excluding hydrogens is 381 g/mol. The van der Waals surface area contributed by atoms with Crippen molar-refractivity contribution in [1.29, 1.82) is 0 Å². The van der Waals surface area contributed by atoms with Crippen LogP contribution in [0, 0.1) is 35.5 Å². The van der Waals surface area contributed by atoms with Gasteiger partial charge in [-0.2, -0.15) is 0 Å². The zero-order valence-corrected chi connectivity index (χ0v) is 18.4. The summed E-state index contributed by atoms with van der Waals surface area (Å²) in [6, 6.07) is 0. The zero-order valence-electron chi connectivity index (χ0n) is 15.8. The molecule has 0 saturated heterocycles. The zero-order chi connectivity index (χ0) is 16.9. The first-order chi connectivity index (χ1) is 11.9. The van der Waals surface area contributed by atoms with Gasteiger partial charge in [0, 0.05) is 0 Å². The van der Waals surface area contributed by atoms with Crippen molar-refractivity contribution in [2.45, 2.75) is 88.3 Å². The van der Waals surface area contributed by atoms with Crippen molar-refractivity contribution in [3.05, 3.63) is 0 Å². The lowest BCUT2D eigenvalue weighted by Crippen LogP contribution is -2.53. The van der Waals surface area contributed by atoms with Gasteiger partial charge in [-0.3, -0.25) is 0 Å². The first-order valence-corrected chi connectivity index (χ1v) is 14.4. The van der Waals surface area contributed by atoms with Gasteiger partial charge in [0.15, 0.2) is 0 Å². The molecule has 0 aromatic carbocycles. The molecule has 8 saturated carbocycles. The number of hydrogen-bond donors (Lipinski definition) is 2. The quantitative estimate of drug-likeness (QED) is 0.419. The lowest BCUT2D eigenvalue weighted by molar-refractivity contribution is -0.131. The second-order valence-electron chi connectivity index (χ2n) is 10.9. The molecule has 0 heterocycles. The van der Waals surface area contributed by atoms with Crippen LogP contribution in [0.5, 0.6) is 0 Å². The summed E-state index contributed by atoms with van der Waals surface area (Å²) in [5.74, 6) is 5.30. The van der Waals surface area contributed by atoms with Gasteiger partial charge in [0.05, 0.1) is 11.2 Å². The van der Waals surface area contributed by atoms with E-state index in [-0.39, 0.29) is 17.4 Å². The third kappa shape index (κ3) is 3.17. The Labute approximate surface area is 168 Å². The topological polar surface area (TPSA) is 53.5 Å². The summed E-state index contributed by atoms with van der Waals surface area (Å²) < 4.78 is 13.5. The van der Waals surface area contributed by atoms with Crippen LogP contribution in [-0.2, 0) is 20.9 Å². The Hall–Kier alpha value is 0.880. The molecule has 0 aromatic heterocycles. The Morgan fingerprint density at radius 1 is 0.615 bits per heavy atom. The van der Waals surface area contributed by atoms with Gasteiger partial charge in [0.2, 0.25) is 5.69 Å². The first kappa shape index (κ1) is 18.9. The van der Waals surface area contributed by atoms with Crippen molar-refractivity contribution in [3.8, 4) is 0 Å². The summed E-state index contributed by atoms with van der Waals surface area (Å²) in [7, 11) is 0. The molecule has 0 unspecified atom stereocenters. The molecule has 0 amide bonds. The predicted molar refractivity (Wildman–Crippen MR) is 112 cm³/mol. The van der Waals surface area contributed by atoms with Gasteiger partial charge in [0.25, 0.3) is 0 Å². The van der Waals surface area contributed by atoms with Crippen LogP contribution in [0.4, 0.5) is 0 Å². The fraction of sp³-hybridized carbons (Fsp3) is 1.00. The van der Waals surface area contributed by atoms with Gasteiger partial charge in [-0.1, -0.05) is 12.2 Å². The molecule has 8 bridgehead atoms. The van der Waals surface area contributed by atoms with Crippen LogP contribution in [0.25, 0.3) is 0 Å². The fourth-order valence-corrected chi connectivity index (χ4v) is 12.2. The second-order valence-corrected chi connectivity index (χ2v) is 16.0. The SMILES string of the molecule is N.S=P(S)(OC12CC3CC(CC(C3)C1)C2)OC12CC3CC(CC(C3)C1)C2. The van der Waals surface area contributed by atoms with Crippen LogP contribution < -0.4 is 6.15 Å². The van der Waals surface area contributed by atoms with Crippen LogP contribution in [0.15, 0.2) is 0 Å². The standard InChI is InChI=1S/C20H31O2PS2.H3N/c24-23(25,21-19-7-13-1-14(8-19)3-15(2-13)9-19)22-20-10-16-4-17(11-20)6-18(5-16)12-20;/h13-18H,1-12H2,(H,24,25);1H3. The van der Waals surface area contributed by atoms with Crippen molar-refractivity contribution in [3.63, 3.8) is 0 Å². The average molecular weight is 416 g/mol. The van der Waals surface area contributed by atoms with E-state index in [0.29, 0.717) is 0 Å². The maximum atomic E-state index is 6.75. The van der Waals surface area contributed by atoms with Gasteiger partial charge in [-0.25, -0.2) is 0 Å². The molecule has 6 heteroatoms. The number of hydrogen-bond acceptors (Lipinski definition) is 4. The highest BCUT2D eigenvalue weighted by Gasteiger charge is 2.56. The number of rotatable bonds is 4. The molecule has 0 spiro atoms. The van der Waals surface area contributed by atoms with Gasteiger partial charge in [-0.05, 0) is 124 Å². The minimum Gasteiger partial charge on any atom is -0.344 e. The van der Waals surface area contributed by atoms with Gasteiger partial charge in [-0.15, -0.1) is 0 Å². The first-order valence-electron chi connectivity index (χ1n) is 10.6. The molecule has 0 aliphatic heterocycles. The maximum Gasteiger partial charge on any atom is 0.245 e.